The number of Topliss-reactive ketones (excluding diaryl/α,β-unsaturated/α-hetero) is 1. The number of ketones is 1. The van der Waals surface area contributed by atoms with Crippen LogP contribution in [0.25, 0.3) is 0 Å². The van der Waals surface area contributed by atoms with Gasteiger partial charge in [-0.05, 0) is 117 Å². The molecule has 9 heteroatoms. The Hall–Kier alpha value is -2.68. The molecular weight excluding hydrogens is 620 g/mol. The second-order valence-corrected chi connectivity index (χ2v) is 17.1. The first-order valence-corrected chi connectivity index (χ1v) is 19.3. The fraction of sp³-hybridized carbons (Fsp3) is 0.568. The first-order chi connectivity index (χ1) is 22.2. The number of allylic oxidation sites excluding steroid dienone is 1. The molecule has 7 rings (SSSR count). The van der Waals surface area contributed by atoms with E-state index in [9.17, 15) is 13.8 Å². The monoisotopic (exact) mass is 664 g/mol. The number of carbonyl (C=O) groups is 2. The number of aryl methyl sites for hydroxylation is 1. The van der Waals surface area contributed by atoms with Gasteiger partial charge < -0.3 is 14.4 Å². The van der Waals surface area contributed by atoms with Crippen LogP contribution in [0.3, 0.4) is 0 Å². The number of benzene rings is 2. The Morgan fingerprint density at radius 1 is 1.15 bits per heavy atom. The zero-order valence-electron chi connectivity index (χ0n) is 26.8. The molecule has 2 fully saturated rings. The van der Waals surface area contributed by atoms with Crippen LogP contribution in [0.4, 0.5) is 5.69 Å². The third-order valence-corrected chi connectivity index (χ3v) is 13.4. The fourth-order valence-corrected chi connectivity index (χ4v) is 10.3. The molecule has 0 saturated heterocycles. The van der Waals surface area contributed by atoms with Crippen LogP contribution in [-0.2, 0) is 31.1 Å². The number of fused-ring (bicyclic) bond motifs is 4. The van der Waals surface area contributed by atoms with Crippen LogP contribution < -0.4 is 9.64 Å². The summed E-state index contributed by atoms with van der Waals surface area (Å²) >= 11 is 6.44. The van der Waals surface area contributed by atoms with E-state index in [-0.39, 0.29) is 28.8 Å². The summed E-state index contributed by atoms with van der Waals surface area (Å²) in [7, 11) is -1.27. The number of carbonyl (C=O) groups excluding carboxylic acids is 2. The zero-order valence-corrected chi connectivity index (χ0v) is 28.3. The number of nitrogens with zero attached hydrogens (tertiary/aromatic N) is 2. The lowest BCUT2D eigenvalue weighted by Crippen LogP contribution is -2.49. The summed E-state index contributed by atoms with van der Waals surface area (Å²) in [5.74, 6) is 1.45. The van der Waals surface area contributed by atoms with E-state index in [0.29, 0.717) is 49.2 Å². The lowest BCUT2D eigenvalue weighted by atomic mass is 9.68. The standard InChI is InChI=1S/C37H45ClN2O5S/c1-44-34-7-3-2-4-17-46(43,22-30(41)18-25-8-9-25)39-36(42)27-11-15-35-33(20-27)40(21-28-10-13-31(28)34)23-37(24-45-35)16-5-6-26-19-29(38)12-14-32(26)37/h3,7,11-12,14-15,19-20,25,28,31,34H,2,4-6,8-10,13,16-18,21-24H2,1H3/b7-3+/t28-,31+,34-,37-,46+/m0/s1. The number of halogens is 1. The van der Waals surface area contributed by atoms with E-state index in [1.807, 2.05) is 18.2 Å². The maximum Gasteiger partial charge on any atom is 0.285 e. The topological polar surface area (TPSA) is 85.3 Å². The highest BCUT2D eigenvalue weighted by atomic mass is 35.5. The summed E-state index contributed by atoms with van der Waals surface area (Å²) in [5, 5.41) is 0.757. The second-order valence-electron chi connectivity index (χ2n) is 14.3. The van der Waals surface area contributed by atoms with Gasteiger partial charge in [0.2, 0.25) is 0 Å². The van der Waals surface area contributed by atoms with E-state index in [1.54, 1.807) is 13.2 Å². The van der Waals surface area contributed by atoms with Gasteiger partial charge in [0.15, 0.2) is 0 Å². The Labute approximate surface area is 278 Å². The summed E-state index contributed by atoms with van der Waals surface area (Å²) < 4.78 is 31.1. The van der Waals surface area contributed by atoms with Gasteiger partial charge in [0, 0.05) is 48.4 Å². The van der Waals surface area contributed by atoms with Crippen LogP contribution >= 0.6 is 11.6 Å². The predicted molar refractivity (Wildman–Crippen MR) is 183 cm³/mol. The van der Waals surface area contributed by atoms with Crippen molar-refractivity contribution in [2.24, 2.45) is 22.1 Å². The largest absolute Gasteiger partial charge is 0.490 e. The molecule has 2 heterocycles. The molecule has 2 saturated carbocycles. The van der Waals surface area contributed by atoms with Crippen molar-refractivity contribution in [3.63, 3.8) is 0 Å². The number of methoxy groups -OCH3 is 1. The van der Waals surface area contributed by atoms with Crippen LogP contribution in [0.15, 0.2) is 52.9 Å². The van der Waals surface area contributed by atoms with Gasteiger partial charge in [-0.2, -0.15) is 4.36 Å². The predicted octanol–water partition coefficient (Wildman–Crippen LogP) is 7.18. The van der Waals surface area contributed by atoms with Gasteiger partial charge in [-0.1, -0.05) is 29.8 Å². The fourth-order valence-electron chi connectivity index (χ4n) is 8.15. The molecule has 246 valence electrons. The Morgan fingerprint density at radius 2 is 2.02 bits per heavy atom. The molecule has 1 spiro atoms. The highest BCUT2D eigenvalue weighted by Crippen LogP contribution is 2.47. The number of rotatable bonds is 5. The molecule has 5 aliphatic rings. The molecule has 46 heavy (non-hydrogen) atoms. The van der Waals surface area contributed by atoms with Crippen LogP contribution in [0, 0.1) is 17.8 Å². The Morgan fingerprint density at radius 3 is 2.80 bits per heavy atom. The van der Waals surface area contributed by atoms with E-state index in [0.717, 1.165) is 74.5 Å². The number of amides is 1. The van der Waals surface area contributed by atoms with Crippen molar-refractivity contribution in [2.75, 3.05) is 43.2 Å². The maximum atomic E-state index is 14.2. The van der Waals surface area contributed by atoms with Crippen LogP contribution in [-0.4, -0.2) is 60.3 Å². The molecule has 7 nitrogen and oxygen atoms in total. The normalized spacial score (nSPS) is 31.8. The van der Waals surface area contributed by atoms with Gasteiger partial charge in [0.25, 0.3) is 5.91 Å². The molecule has 0 unspecified atom stereocenters. The van der Waals surface area contributed by atoms with Gasteiger partial charge in [0.1, 0.15) is 11.5 Å². The first kappa shape index (κ1) is 31.9. The van der Waals surface area contributed by atoms with E-state index >= 15 is 0 Å². The Kier molecular flexibility index (Phi) is 9.07. The minimum Gasteiger partial charge on any atom is -0.490 e. The summed E-state index contributed by atoms with van der Waals surface area (Å²) in [6.45, 7) is 2.12. The first-order valence-electron chi connectivity index (χ1n) is 17.0. The van der Waals surface area contributed by atoms with E-state index in [2.05, 4.69) is 33.5 Å². The minimum absolute atomic E-state index is 0.00272. The van der Waals surface area contributed by atoms with E-state index in [4.69, 9.17) is 21.1 Å². The summed E-state index contributed by atoms with van der Waals surface area (Å²) in [5.41, 5.74) is 3.62. The van der Waals surface area contributed by atoms with Crippen molar-refractivity contribution < 1.29 is 23.3 Å². The van der Waals surface area contributed by atoms with Gasteiger partial charge >= 0.3 is 0 Å². The lowest BCUT2D eigenvalue weighted by Gasteiger charge is -2.46. The highest BCUT2D eigenvalue weighted by Gasteiger charge is 2.44. The van der Waals surface area contributed by atoms with Crippen LogP contribution in [0.1, 0.15) is 79.3 Å². The van der Waals surface area contributed by atoms with Crippen LogP contribution in [0.5, 0.6) is 5.75 Å². The summed E-state index contributed by atoms with van der Waals surface area (Å²) in [4.78, 5) is 29.1. The van der Waals surface area contributed by atoms with Gasteiger partial charge in [-0.3, -0.25) is 9.59 Å². The molecule has 2 aromatic rings. The molecule has 0 N–H and O–H groups in total. The molecule has 3 aliphatic carbocycles. The Balaban J connectivity index is 1.28. The van der Waals surface area contributed by atoms with Crippen molar-refractivity contribution >= 4 is 38.7 Å². The summed E-state index contributed by atoms with van der Waals surface area (Å²) in [6, 6.07) is 11.8. The van der Waals surface area contributed by atoms with Crippen molar-refractivity contribution in [1.29, 1.82) is 0 Å². The van der Waals surface area contributed by atoms with Crippen molar-refractivity contribution in [1.82, 2.24) is 0 Å². The zero-order chi connectivity index (χ0) is 31.9. The average molecular weight is 665 g/mol. The molecule has 0 aromatic heterocycles. The number of ether oxygens (including phenoxy) is 2. The second kappa shape index (κ2) is 13.1. The quantitative estimate of drug-likeness (QED) is 0.315. The SMILES string of the molecule is CO[C@H]1/C=C/CCC[S@@](=O)(CC(=O)CC2CC2)=NC(=O)c2ccc3c(c2)N(C[C@@H]2CC[C@H]21)C[C@@]1(CCCc2cc(Cl)ccc21)CO3. The molecule has 2 bridgehead atoms. The minimum atomic E-state index is -3.06. The molecule has 5 atom stereocenters. The highest BCUT2D eigenvalue weighted by molar-refractivity contribution is 7.94. The molecule has 1 amide bonds. The van der Waals surface area contributed by atoms with Gasteiger partial charge in [0.05, 0.1) is 33.9 Å². The molecular formula is C37H45ClN2O5S. The lowest BCUT2D eigenvalue weighted by molar-refractivity contribution is -0.116. The smallest absolute Gasteiger partial charge is 0.285 e. The number of hydrogen-bond acceptors (Lipinski definition) is 6. The number of anilines is 1. The molecule has 2 aromatic carbocycles. The molecule has 2 aliphatic heterocycles. The molecule has 0 radical (unpaired) electrons. The third kappa shape index (κ3) is 6.67. The maximum absolute atomic E-state index is 14.2. The van der Waals surface area contributed by atoms with Crippen molar-refractivity contribution in [2.45, 2.75) is 75.7 Å². The average Bonchev–Trinajstić information content (AvgIpc) is 3.85. The van der Waals surface area contributed by atoms with E-state index < -0.39 is 15.6 Å². The van der Waals surface area contributed by atoms with E-state index in [1.165, 1.54) is 11.1 Å². The number of hydrogen-bond donors (Lipinski definition) is 0. The third-order valence-electron chi connectivity index (χ3n) is 10.9. The Bertz CT molecular complexity index is 1660. The van der Waals surface area contributed by atoms with Crippen molar-refractivity contribution in [3.05, 3.63) is 70.3 Å². The summed E-state index contributed by atoms with van der Waals surface area (Å²) in [6.07, 6.45) is 13.4. The van der Waals surface area contributed by atoms with Crippen molar-refractivity contribution in [3.8, 4) is 5.75 Å². The van der Waals surface area contributed by atoms with Crippen LogP contribution in [0.2, 0.25) is 5.02 Å². The van der Waals surface area contributed by atoms with Gasteiger partial charge in [-0.15, -0.1) is 0 Å². The van der Waals surface area contributed by atoms with Gasteiger partial charge in [-0.25, -0.2) is 4.21 Å².